The van der Waals surface area contributed by atoms with Crippen molar-refractivity contribution in [3.8, 4) is 0 Å². The topological polar surface area (TPSA) is 90.1 Å². The minimum atomic E-state index is -0.840. The van der Waals surface area contributed by atoms with Crippen LogP contribution in [0.4, 0.5) is 5.13 Å². The molecule has 0 aromatic carbocycles. The van der Waals surface area contributed by atoms with E-state index in [1.165, 1.54) is 11.5 Å². The molecular weight excluding hydrogens is 252 g/mol. The molecule has 0 aliphatic heterocycles. The van der Waals surface area contributed by atoms with Crippen molar-refractivity contribution in [1.82, 2.24) is 9.36 Å². The lowest BCUT2D eigenvalue weighted by molar-refractivity contribution is -0.123. The van der Waals surface area contributed by atoms with Gasteiger partial charge < -0.3 is 15.8 Å². The first-order valence-corrected chi connectivity index (χ1v) is 6.53. The normalized spacial score (nSPS) is 16.3. The summed E-state index contributed by atoms with van der Waals surface area (Å²) in [4.78, 5) is 15.8. The average Bonchev–Trinajstić information content (AvgIpc) is 2.75. The number of amides is 1. The Morgan fingerprint density at radius 3 is 2.56 bits per heavy atom. The molecule has 1 heterocycles. The van der Waals surface area contributed by atoms with E-state index in [1.54, 1.807) is 14.0 Å². The summed E-state index contributed by atoms with van der Waals surface area (Å²) in [5, 5.41) is 3.64. The number of primary amides is 1. The van der Waals surface area contributed by atoms with Gasteiger partial charge in [0, 0.05) is 18.6 Å². The van der Waals surface area contributed by atoms with Crippen LogP contribution in [0.3, 0.4) is 0 Å². The SMILES string of the molecule is COC(C)c1nsc(NC(C)(C(N)=O)C(C)C)n1. The third-order valence-corrected chi connectivity index (χ3v) is 3.84. The van der Waals surface area contributed by atoms with Crippen LogP contribution in [0, 0.1) is 5.92 Å². The van der Waals surface area contributed by atoms with Crippen molar-refractivity contribution in [1.29, 1.82) is 0 Å². The van der Waals surface area contributed by atoms with E-state index in [1.807, 2.05) is 20.8 Å². The molecule has 1 aromatic heterocycles. The van der Waals surface area contributed by atoms with Gasteiger partial charge in [0.1, 0.15) is 11.6 Å². The zero-order chi connectivity index (χ0) is 13.9. The van der Waals surface area contributed by atoms with E-state index in [0.29, 0.717) is 11.0 Å². The largest absolute Gasteiger partial charge is 0.374 e. The number of aromatic nitrogens is 2. The molecule has 1 rings (SSSR count). The van der Waals surface area contributed by atoms with Gasteiger partial charge in [-0.05, 0) is 19.8 Å². The van der Waals surface area contributed by atoms with E-state index in [2.05, 4.69) is 14.7 Å². The lowest BCUT2D eigenvalue weighted by atomic mass is 9.88. The number of nitrogens with one attached hydrogen (secondary N) is 1. The van der Waals surface area contributed by atoms with E-state index in [4.69, 9.17) is 10.5 Å². The molecule has 0 bridgehead atoms. The first kappa shape index (κ1) is 14.8. The summed E-state index contributed by atoms with van der Waals surface area (Å²) in [7, 11) is 1.60. The average molecular weight is 272 g/mol. The number of hydrogen-bond donors (Lipinski definition) is 2. The van der Waals surface area contributed by atoms with Crippen LogP contribution in [0.15, 0.2) is 0 Å². The van der Waals surface area contributed by atoms with Gasteiger partial charge in [-0.2, -0.15) is 4.37 Å². The van der Waals surface area contributed by atoms with Crippen LogP contribution >= 0.6 is 11.5 Å². The molecule has 0 spiro atoms. The number of nitrogens with zero attached hydrogens (tertiary/aromatic N) is 2. The second-order valence-corrected chi connectivity index (χ2v) is 5.43. The van der Waals surface area contributed by atoms with Crippen molar-refractivity contribution in [3.63, 3.8) is 0 Å². The smallest absolute Gasteiger partial charge is 0.243 e. The number of hydrogen-bond acceptors (Lipinski definition) is 6. The number of rotatable bonds is 6. The fraction of sp³-hybridized carbons (Fsp3) is 0.727. The van der Waals surface area contributed by atoms with Gasteiger partial charge in [0.2, 0.25) is 11.0 Å². The molecule has 0 saturated heterocycles. The minimum absolute atomic E-state index is 0.0437. The number of anilines is 1. The van der Waals surface area contributed by atoms with Crippen LogP contribution in [-0.2, 0) is 9.53 Å². The van der Waals surface area contributed by atoms with Crippen molar-refractivity contribution < 1.29 is 9.53 Å². The van der Waals surface area contributed by atoms with Crippen LogP contribution in [-0.4, -0.2) is 27.9 Å². The predicted molar refractivity (Wildman–Crippen MR) is 71.4 cm³/mol. The van der Waals surface area contributed by atoms with Crippen molar-refractivity contribution in [2.45, 2.75) is 39.3 Å². The van der Waals surface area contributed by atoms with E-state index >= 15 is 0 Å². The third kappa shape index (κ3) is 2.97. The molecule has 1 aromatic rings. The zero-order valence-electron chi connectivity index (χ0n) is 11.4. The Balaban J connectivity index is 2.89. The quantitative estimate of drug-likeness (QED) is 0.820. The van der Waals surface area contributed by atoms with Crippen molar-refractivity contribution in [2.75, 3.05) is 12.4 Å². The van der Waals surface area contributed by atoms with Gasteiger partial charge in [-0.15, -0.1) is 0 Å². The first-order valence-electron chi connectivity index (χ1n) is 5.75. The Kier molecular flexibility index (Phi) is 4.64. The van der Waals surface area contributed by atoms with Crippen molar-refractivity contribution in [2.24, 2.45) is 11.7 Å². The van der Waals surface area contributed by atoms with Crippen LogP contribution in [0.2, 0.25) is 0 Å². The van der Waals surface area contributed by atoms with Gasteiger partial charge in [0.25, 0.3) is 0 Å². The molecule has 18 heavy (non-hydrogen) atoms. The van der Waals surface area contributed by atoms with Crippen LogP contribution in [0.25, 0.3) is 0 Å². The molecule has 2 atom stereocenters. The molecule has 1 amide bonds. The van der Waals surface area contributed by atoms with Crippen LogP contribution < -0.4 is 11.1 Å². The predicted octanol–water partition coefficient (Wildman–Crippen LogP) is 1.56. The van der Waals surface area contributed by atoms with Gasteiger partial charge in [-0.1, -0.05) is 13.8 Å². The number of ether oxygens (including phenoxy) is 1. The molecule has 102 valence electrons. The van der Waals surface area contributed by atoms with E-state index in [-0.39, 0.29) is 12.0 Å². The van der Waals surface area contributed by atoms with Crippen LogP contribution in [0.5, 0.6) is 0 Å². The van der Waals surface area contributed by atoms with E-state index in [0.717, 1.165) is 0 Å². The van der Waals surface area contributed by atoms with Gasteiger partial charge in [-0.25, -0.2) is 4.98 Å². The Hall–Kier alpha value is -1.21. The second kappa shape index (κ2) is 5.62. The molecule has 6 nitrogen and oxygen atoms in total. The summed E-state index contributed by atoms with van der Waals surface area (Å²) in [6.45, 7) is 7.48. The molecule has 0 aliphatic carbocycles. The van der Waals surface area contributed by atoms with Gasteiger partial charge >= 0.3 is 0 Å². The molecule has 0 saturated carbocycles. The Labute approximate surface area is 111 Å². The third-order valence-electron chi connectivity index (χ3n) is 3.19. The number of carbonyl (C=O) groups excluding carboxylic acids is 1. The number of nitrogens with two attached hydrogens (primary N) is 1. The monoisotopic (exact) mass is 272 g/mol. The maximum atomic E-state index is 11.6. The second-order valence-electron chi connectivity index (χ2n) is 4.68. The van der Waals surface area contributed by atoms with Crippen molar-refractivity contribution >= 4 is 22.6 Å². The molecule has 3 N–H and O–H groups in total. The first-order chi connectivity index (χ1) is 8.31. The number of methoxy groups -OCH3 is 1. The highest BCUT2D eigenvalue weighted by atomic mass is 32.1. The molecular formula is C11H20N4O2S. The summed E-state index contributed by atoms with van der Waals surface area (Å²) in [5.74, 6) is 0.233. The summed E-state index contributed by atoms with van der Waals surface area (Å²) < 4.78 is 9.32. The standard InChI is InChI=1S/C11H20N4O2S/c1-6(2)11(4,9(12)16)14-10-13-8(15-18-10)7(3)17-5/h6-7H,1-5H3,(H2,12,16)(H,13,14,15). The summed E-state index contributed by atoms with van der Waals surface area (Å²) in [6, 6.07) is 0. The maximum absolute atomic E-state index is 11.6. The van der Waals surface area contributed by atoms with Gasteiger partial charge in [0.05, 0.1) is 0 Å². The zero-order valence-corrected chi connectivity index (χ0v) is 12.2. The Bertz CT molecular complexity index is 421. The highest BCUT2D eigenvalue weighted by molar-refractivity contribution is 7.09. The molecule has 2 unspecified atom stereocenters. The lowest BCUT2D eigenvalue weighted by Gasteiger charge is -2.30. The van der Waals surface area contributed by atoms with E-state index < -0.39 is 11.4 Å². The van der Waals surface area contributed by atoms with Crippen molar-refractivity contribution in [3.05, 3.63) is 5.82 Å². The lowest BCUT2D eigenvalue weighted by Crippen LogP contribution is -2.51. The number of carbonyl (C=O) groups is 1. The van der Waals surface area contributed by atoms with E-state index in [9.17, 15) is 4.79 Å². The summed E-state index contributed by atoms with van der Waals surface area (Å²) >= 11 is 1.19. The fourth-order valence-electron chi connectivity index (χ4n) is 1.27. The highest BCUT2D eigenvalue weighted by Gasteiger charge is 2.35. The fourth-order valence-corrected chi connectivity index (χ4v) is 2.03. The molecule has 7 heteroatoms. The summed E-state index contributed by atoms with van der Waals surface area (Å²) in [5.41, 5.74) is 4.60. The molecule has 0 aliphatic rings. The molecule has 0 fully saturated rings. The summed E-state index contributed by atoms with van der Waals surface area (Å²) in [6.07, 6.45) is -0.171. The van der Waals surface area contributed by atoms with Gasteiger partial charge in [-0.3, -0.25) is 4.79 Å². The Morgan fingerprint density at radius 1 is 1.50 bits per heavy atom. The van der Waals surface area contributed by atoms with Gasteiger partial charge in [0.15, 0.2) is 5.82 Å². The minimum Gasteiger partial charge on any atom is -0.374 e. The van der Waals surface area contributed by atoms with Crippen LogP contribution in [0.1, 0.15) is 39.6 Å². The Morgan fingerprint density at radius 2 is 2.11 bits per heavy atom. The highest BCUT2D eigenvalue weighted by Crippen LogP contribution is 2.25. The maximum Gasteiger partial charge on any atom is 0.243 e. The molecule has 0 radical (unpaired) electrons.